The standard InChI is InChI=1S/C9H14N4O3S/c1-5(2)6(7(14)15)3-10-8(16)12-9-13-11-4-17-9/h4-6H,3H2,1-2H3,(H,14,15)(H2,10,12,13,16). The van der Waals surface area contributed by atoms with Crippen LogP contribution in [0.25, 0.3) is 0 Å². The van der Waals surface area contributed by atoms with Crippen molar-refractivity contribution < 1.29 is 14.7 Å². The monoisotopic (exact) mass is 258 g/mol. The first kappa shape index (κ1) is 13.4. The van der Waals surface area contributed by atoms with Crippen LogP contribution in [0.5, 0.6) is 0 Å². The second-order valence-corrected chi connectivity index (χ2v) is 4.60. The molecule has 0 saturated carbocycles. The highest BCUT2D eigenvalue weighted by Gasteiger charge is 2.21. The number of nitrogens with one attached hydrogen (secondary N) is 2. The van der Waals surface area contributed by atoms with Gasteiger partial charge in [-0.05, 0) is 5.92 Å². The smallest absolute Gasteiger partial charge is 0.321 e. The van der Waals surface area contributed by atoms with Crippen LogP contribution in [0.4, 0.5) is 9.93 Å². The van der Waals surface area contributed by atoms with Crippen LogP contribution in [0.3, 0.4) is 0 Å². The van der Waals surface area contributed by atoms with E-state index in [0.29, 0.717) is 5.13 Å². The summed E-state index contributed by atoms with van der Waals surface area (Å²) >= 11 is 1.19. The minimum absolute atomic E-state index is 0.0469. The van der Waals surface area contributed by atoms with Crippen LogP contribution < -0.4 is 10.6 Å². The molecule has 1 aromatic heterocycles. The van der Waals surface area contributed by atoms with Crippen molar-refractivity contribution in [2.75, 3.05) is 11.9 Å². The van der Waals surface area contributed by atoms with Gasteiger partial charge in [0.25, 0.3) is 0 Å². The first-order valence-corrected chi connectivity index (χ1v) is 5.92. The second-order valence-electron chi connectivity index (χ2n) is 3.77. The summed E-state index contributed by atoms with van der Waals surface area (Å²) in [6, 6.07) is -0.478. The van der Waals surface area contributed by atoms with Crippen LogP contribution in [0, 0.1) is 11.8 Å². The lowest BCUT2D eigenvalue weighted by molar-refractivity contribution is -0.142. The predicted molar refractivity (Wildman–Crippen MR) is 62.9 cm³/mol. The minimum atomic E-state index is -0.920. The molecule has 1 rings (SSSR count). The third-order valence-corrected chi connectivity index (χ3v) is 2.79. The Morgan fingerprint density at radius 1 is 1.53 bits per heavy atom. The summed E-state index contributed by atoms with van der Waals surface area (Å²) in [5.41, 5.74) is 1.49. The molecule has 0 radical (unpaired) electrons. The molecule has 1 unspecified atom stereocenters. The maximum atomic E-state index is 11.4. The Morgan fingerprint density at radius 2 is 2.24 bits per heavy atom. The summed E-state index contributed by atoms with van der Waals surface area (Å²) in [5.74, 6) is -1.57. The number of urea groups is 1. The molecule has 1 aromatic rings. The van der Waals surface area contributed by atoms with Crippen LogP contribution in [0.2, 0.25) is 0 Å². The largest absolute Gasteiger partial charge is 0.481 e. The van der Waals surface area contributed by atoms with E-state index < -0.39 is 17.9 Å². The highest BCUT2D eigenvalue weighted by atomic mass is 32.1. The number of carbonyl (C=O) groups excluding carboxylic acids is 1. The molecule has 0 spiro atoms. The van der Waals surface area contributed by atoms with Crippen molar-refractivity contribution in [3.05, 3.63) is 5.51 Å². The minimum Gasteiger partial charge on any atom is -0.481 e. The molecule has 1 atom stereocenters. The van der Waals surface area contributed by atoms with Crippen molar-refractivity contribution in [3.8, 4) is 0 Å². The van der Waals surface area contributed by atoms with Crippen molar-refractivity contribution in [3.63, 3.8) is 0 Å². The number of hydrogen-bond acceptors (Lipinski definition) is 5. The Labute approximate surface area is 102 Å². The molecule has 17 heavy (non-hydrogen) atoms. The summed E-state index contributed by atoms with van der Waals surface area (Å²) in [7, 11) is 0. The molecule has 3 N–H and O–H groups in total. The van der Waals surface area contributed by atoms with E-state index in [4.69, 9.17) is 5.11 Å². The van der Waals surface area contributed by atoms with Gasteiger partial charge in [-0.15, -0.1) is 10.2 Å². The lowest BCUT2D eigenvalue weighted by Gasteiger charge is -2.16. The zero-order chi connectivity index (χ0) is 12.8. The molecule has 7 nitrogen and oxygen atoms in total. The van der Waals surface area contributed by atoms with E-state index in [2.05, 4.69) is 20.8 Å². The number of hydrogen-bond donors (Lipinski definition) is 3. The van der Waals surface area contributed by atoms with E-state index in [-0.39, 0.29) is 12.5 Å². The van der Waals surface area contributed by atoms with Gasteiger partial charge in [-0.1, -0.05) is 25.2 Å². The number of carbonyl (C=O) groups is 2. The molecule has 0 aliphatic carbocycles. The summed E-state index contributed by atoms with van der Waals surface area (Å²) in [4.78, 5) is 22.3. The number of rotatable bonds is 5. The molecule has 2 amide bonds. The lowest BCUT2D eigenvalue weighted by Crippen LogP contribution is -2.37. The Kier molecular flexibility index (Phi) is 4.83. The van der Waals surface area contributed by atoms with Crippen LogP contribution in [-0.2, 0) is 4.79 Å². The van der Waals surface area contributed by atoms with E-state index in [1.165, 1.54) is 16.8 Å². The van der Waals surface area contributed by atoms with Gasteiger partial charge in [0, 0.05) is 6.54 Å². The Balaban J connectivity index is 2.39. The number of amides is 2. The normalized spacial score (nSPS) is 12.2. The highest BCUT2D eigenvalue weighted by molar-refractivity contribution is 7.13. The van der Waals surface area contributed by atoms with Gasteiger partial charge in [0.1, 0.15) is 5.51 Å². The van der Waals surface area contributed by atoms with E-state index >= 15 is 0 Å². The van der Waals surface area contributed by atoms with Crippen molar-refractivity contribution >= 4 is 28.5 Å². The topological polar surface area (TPSA) is 104 Å². The number of anilines is 1. The van der Waals surface area contributed by atoms with Crippen molar-refractivity contribution in [2.24, 2.45) is 11.8 Å². The molecule has 0 aromatic carbocycles. The van der Waals surface area contributed by atoms with Gasteiger partial charge in [0.15, 0.2) is 0 Å². The molecule has 94 valence electrons. The van der Waals surface area contributed by atoms with Crippen molar-refractivity contribution in [2.45, 2.75) is 13.8 Å². The fourth-order valence-electron chi connectivity index (χ4n) is 1.18. The van der Waals surface area contributed by atoms with E-state index in [9.17, 15) is 9.59 Å². The molecule has 8 heteroatoms. The van der Waals surface area contributed by atoms with Crippen LogP contribution in [-0.4, -0.2) is 33.8 Å². The van der Waals surface area contributed by atoms with E-state index in [1.54, 1.807) is 13.8 Å². The average Bonchev–Trinajstić information content (AvgIpc) is 2.69. The number of carboxylic acid groups (broad SMARTS) is 1. The highest BCUT2D eigenvalue weighted by Crippen LogP contribution is 2.10. The molecule has 0 aliphatic heterocycles. The fraction of sp³-hybridized carbons (Fsp3) is 0.556. The number of aliphatic carboxylic acids is 1. The first-order valence-electron chi connectivity index (χ1n) is 5.04. The van der Waals surface area contributed by atoms with Gasteiger partial charge in [0.2, 0.25) is 5.13 Å². The van der Waals surface area contributed by atoms with Gasteiger partial charge < -0.3 is 10.4 Å². The molecule has 0 fully saturated rings. The summed E-state index contributed by atoms with van der Waals surface area (Å²) in [6.07, 6.45) is 0. The van der Waals surface area contributed by atoms with Crippen LogP contribution in [0.15, 0.2) is 5.51 Å². The number of nitrogens with zero attached hydrogens (tertiary/aromatic N) is 2. The Hall–Kier alpha value is -1.70. The van der Waals surface area contributed by atoms with E-state index in [0.717, 1.165) is 0 Å². The SMILES string of the molecule is CC(C)C(CNC(=O)Nc1nncs1)C(=O)O. The fourth-order valence-corrected chi connectivity index (χ4v) is 1.62. The average molecular weight is 258 g/mol. The van der Waals surface area contributed by atoms with Crippen LogP contribution in [0.1, 0.15) is 13.8 Å². The van der Waals surface area contributed by atoms with E-state index in [1.807, 2.05) is 0 Å². The second kappa shape index (κ2) is 6.14. The molecular formula is C9H14N4O3S. The molecule has 0 aliphatic rings. The lowest BCUT2D eigenvalue weighted by atomic mass is 9.96. The maximum Gasteiger partial charge on any atom is 0.321 e. The maximum absolute atomic E-state index is 11.4. The van der Waals surface area contributed by atoms with Gasteiger partial charge in [-0.25, -0.2) is 4.79 Å². The van der Waals surface area contributed by atoms with Gasteiger partial charge in [-0.3, -0.25) is 10.1 Å². The zero-order valence-electron chi connectivity index (χ0n) is 9.51. The Morgan fingerprint density at radius 3 is 2.71 bits per heavy atom. The van der Waals surface area contributed by atoms with Crippen LogP contribution >= 0.6 is 11.3 Å². The summed E-state index contributed by atoms with van der Waals surface area (Å²) < 4.78 is 0. The quantitative estimate of drug-likeness (QED) is 0.731. The predicted octanol–water partition coefficient (Wildman–Crippen LogP) is 1.02. The zero-order valence-corrected chi connectivity index (χ0v) is 10.3. The third kappa shape index (κ3) is 4.35. The number of aromatic nitrogens is 2. The van der Waals surface area contributed by atoms with Gasteiger partial charge in [0.05, 0.1) is 5.92 Å². The first-order chi connectivity index (χ1) is 8.00. The molecular weight excluding hydrogens is 244 g/mol. The van der Waals surface area contributed by atoms with Crippen molar-refractivity contribution in [1.82, 2.24) is 15.5 Å². The summed E-state index contributed by atoms with van der Waals surface area (Å²) in [6.45, 7) is 3.67. The van der Waals surface area contributed by atoms with Gasteiger partial charge in [-0.2, -0.15) is 0 Å². The van der Waals surface area contributed by atoms with Gasteiger partial charge >= 0.3 is 12.0 Å². The van der Waals surface area contributed by atoms with Crippen molar-refractivity contribution in [1.29, 1.82) is 0 Å². The Bertz CT molecular complexity index is 380. The summed E-state index contributed by atoms with van der Waals surface area (Å²) in [5, 5.41) is 21.4. The molecule has 0 saturated heterocycles. The molecule has 0 bridgehead atoms. The third-order valence-electron chi connectivity index (χ3n) is 2.18. The number of carboxylic acids is 1. The molecule has 1 heterocycles.